The number of benzene rings is 1. The zero-order valence-corrected chi connectivity index (χ0v) is 21.1. The molecule has 0 amide bonds. The van der Waals surface area contributed by atoms with Crippen LogP contribution in [0.1, 0.15) is 76.7 Å². The van der Waals surface area contributed by atoms with Crippen LogP contribution >= 0.6 is 0 Å². The molecule has 185 valence electrons. The average molecular weight is 545 g/mol. The molecule has 0 bridgehead atoms. The zero-order valence-electron chi connectivity index (χ0n) is 17.5. The fourth-order valence-corrected chi connectivity index (χ4v) is 2.46. The summed E-state index contributed by atoms with van der Waals surface area (Å²) in [5, 5.41) is 0. The summed E-state index contributed by atoms with van der Waals surface area (Å²) in [4.78, 5) is 0. The van der Waals surface area contributed by atoms with Gasteiger partial charge in [-0.1, -0.05) is 95.0 Å². The van der Waals surface area contributed by atoms with Crippen LogP contribution in [0.15, 0.2) is 30.3 Å². The molecular formula is C18H33FeO9S3. The van der Waals surface area contributed by atoms with E-state index >= 15 is 0 Å². The van der Waals surface area contributed by atoms with Gasteiger partial charge in [-0.2, -0.15) is 0 Å². The standard InChI is InChI=1S/C18H30.Fe.3H2O3S/c1-2-3-4-5-6-7-8-9-10-12-15-18-16-13-11-14-17-18;;3*1-4(2)3/h11,13-14,16-17H,2-10,12,15H2,1H3;;3*(H2,1,2,3)/q;+3;;;/p-3. The molecule has 1 radical (unpaired) electrons. The molecule has 13 heteroatoms. The summed E-state index contributed by atoms with van der Waals surface area (Å²) in [6.45, 7) is 2.28. The van der Waals surface area contributed by atoms with E-state index in [2.05, 4.69) is 37.3 Å². The van der Waals surface area contributed by atoms with E-state index in [9.17, 15) is 0 Å². The number of hydrogen-bond donors (Lipinski definition) is 3. The Bertz CT molecular complexity index is 497. The normalized spacial score (nSPS) is 12.2. The number of rotatable bonds is 11. The van der Waals surface area contributed by atoms with Gasteiger partial charge < -0.3 is 27.3 Å². The van der Waals surface area contributed by atoms with Gasteiger partial charge in [0, 0.05) is 0 Å². The Morgan fingerprint density at radius 2 is 0.935 bits per heavy atom. The van der Waals surface area contributed by atoms with Crippen molar-refractivity contribution in [2.24, 2.45) is 0 Å². The van der Waals surface area contributed by atoms with Crippen molar-refractivity contribution >= 4 is 34.1 Å². The maximum Gasteiger partial charge on any atom is 3.00 e. The predicted octanol–water partition coefficient (Wildman–Crippen LogP) is 4.16. The van der Waals surface area contributed by atoms with Crippen molar-refractivity contribution in [3.8, 4) is 0 Å². The molecule has 0 aliphatic rings. The van der Waals surface area contributed by atoms with E-state index in [-0.39, 0.29) is 17.1 Å². The molecule has 3 atom stereocenters. The quantitative estimate of drug-likeness (QED) is 0.209. The summed E-state index contributed by atoms with van der Waals surface area (Å²) < 4.78 is 72.2. The van der Waals surface area contributed by atoms with Crippen LogP contribution in [0, 0.1) is 0 Å². The molecule has 0 saturated carbocycles. The molecule has 0 aliphatic carbocycles. The first-order valence-electron chi connectivity index (χ1n) is 9.52. The van der Waals surface area contributed by atoms with E-state index < -0.39 is 34.1 Å². The molecule has 9 nitrogen and oxygen atoms in total. The second kappa shape index (κ2) is 32.1. The van der Waals surface area contributed by atoms with Crippen molar-refractivity contribution in [1.29, 1.82) is 0 Å². The summed E-state index contributed by atoms with van der Waals surface area (Å²) in [7, 11) is 0. The number of aryl methyl sites for hydroxylation is 1. The minimum atomic E-state index is -2.86. The van der Waals surface area contributed by atoms with Gasteiger partial charge in [0.25, 0.3) is 0 Å². The van der Waals surface area contributed by atoms with Crippen LogP contribution in [0.4, 0.5) is 0 Å². The Morgan fingerprint density at radius 1 is 0.645 bits per heavy atom. The van der Waals surface area contributed by atoms with Gasteiger partial charge in [0.15, 0.2) is 0 Å². The summed E-state index contributed by atoms with van der Waals surface area (Å²) in [5.41, 5.74) is 1.50. The van der Waals surface area contributed by atoms with Gasteiger partial charge in [-0.05, 0) is 18.4 Å². The Morgan fingerprint density at radius 3 is 1.26 bits per heavy atom. The molecule has 3 N–H and O–H groups in total. The van der Waals surface area contributed by atoms with Gasteiger partial charge in [-0.25, -0.2) is 12.6 Å². The van der Waals surface area contributed by atoms with Gasteiger partial charge in [0.05, 0.1) is 34.1 Å². The van der Waals surface area contributed by atoms with E-state index in [4.69, 9.17) is 39.9 Å². The summed E-state index contributed by atoms with van der Waals surface area (Å²) >= 11 is -8.58. The van der Waals surface area contributed by atoms with Gasteiger partial charge in [-0.15, -0.1) is 0 Å². The van der Waals surface area contributed by atoms with Crippen molar-refractivity contribution in [3.63, 3.8) is 0 Å². The summed E-state index contributed by atoms with van der Waals surface area (Å²) in [6, 6.07) is 10.9. The first-order chi connectivity index (χ1) is 14.1. The van der Waals surface area contributed by atoms with E-state index in [0.29, 0.717) is 0 Å². The molecule has 0 aliphatic heterocycles. The Balaban J connectivity index is -0.000000232. The van der Waals surface area contributed by atoms with Crippen LogP contribution in [0.2, 0.25) is 0 Å². The fourth-order valence-electron chi connectivity index (χ4n) is 2.46. The van der Waals surface area contributed by atoms with E-state index in [1.165, 1.54) is 76.2 Å². The van der Waals surface area contributed by atoms with Crippen molar-refractivity contribution in [2.75, 3.05) is 0 Å². The molecule has 0 heterocycles. The molecule has 1 rings (SSSR count). The first kappa shape index (κ1) is 38.2. The van der Waals surface area contributed by atoms with Gasteiger partial charge in [-0.3, -0.25) is 0 Å². The Kier molecular flexibility index (Phi) is 39.6. The van der Waals surface area contributed by atoms with Crippen LogP contribution in [-0.4, -0.2) is 39.9 Å². The molecule has 0 spiro atoms. The molecule has 1 aromatic carbocycles. The zero-order chi connectivity index (χ0) is 23.6. The molecule has 0 saturated heterocycles. The summed E-state index contributed by atoms with van der Waals surface area (Å²) in [5.74, 6) is 0. The van der Waals surface area contributed by atoms with Crippen LogP contribution in [0.25, 0.3) is 0 Å². The molecule has 1 aromatic rings. The van der Waals surface area contributed by atoms with Crippen molar-refractivity contribution in [1.82, 2.24) is 0 Å². The Hall–Kier alpha value is -0.0505. The molecule has 31 heavy (non-hydrogen) atoms. The van der Waals surface area contributed by atoms with Crippen molar-refractivity contribution in [2.45, 2.75) is 77.6 Å². The van der Waals surface area contributed by atoms with Gasteiger partial charge in [0.1, 0.15) is 0 Å². The minimum absolute atomic E-state index is 0. The van der Waals surface area contributed by atoms with E-state index in [1.54, 1.807) is 0 Å². The van der Waals surface area contributed by atoms with Crippen LogP contribution < -0.4 is 0 Å². The minimum Gasteiger partial charge on any atom is -0.750 e. The van der Waals surface area contributed by atoms with Crippen LogP contribution in [0.5, 0.6) is 0 Å². The van der Waals surface area contributed by atoms with E-state index in [0.717, 1.165) is 0 Å². The second-order valence-corrected chi connectivity index (χ2v) is 7.37. The average Bonchev–Trinajstić information content (AvgIpc) is 2.63. The van der Waals surface area contributed by atoms with Crippen molar-refractivity contribution < 1.29 is 57.0 Å². The third-order valence-corrected chi connectivity index (χ3v) is 3.66. The maximum atomic E-state index is 8.56. The largest absolute Gasteiger partial charge is 3.00 e. The molecule has 0 aromatic heterocycles. The summed E-state index contributed by atoms with van der Waals surface area (Å²) in [6.07, 6.45) is 15.5. The van der Waals surface area contributed by atoms with Crippen LogP contribution in [0.3, 0.4) is 0 Å². The maximum absolute atomic E-state index is 8.56. The number of hydrogen-bond acceptors (Lipinski definition) is 6. The van der Waals surface area contributed by atoms with Gasteiger partial charge >= 0.3 is 17.1 Å². The topological polar surface area (TPSA) is 181 Å². The predicted molar refractivity (Wildman–Crippen MR) is 117 cm³/mol. The van der Waals surface area contributed by atoms with Crippen LogP contribution in [-0.2, 0) is 57.6 Å². The SMILES string of the molecule is CCCCCCCCCCCCc1ccccc1.O=S([O-])O.O=S([O-])O.O=S([O-])O.[Fe+3]. The molecule has 0 fully saturated rings. The second-order valence-electron chi connectivity index (χ2n) is 6.07. The van der Waals surface area contributed by atoms with Gasteiger partial charge in [0.2, 0.25) is 0 Å². The molecular weight excluding hydrogens is 512 g/mol. The van der Waals surface area contributed by atoms with E-state index in [1.807, 2.05) is 0 Å². The third-order valence-electron chi connectivity index (χ3n) is 3.66. The first-order valence-corrected chi connectivity index (χ1v) is 12.6. The fraction of sp³-hybridized carbons (Fsp3) is 0.667. The smallest absolute Gasteiger partial charge is 0.750 e. The Labute approximate surface area is 204 Å². The molecule has 3 unspecified atom stereocenters. The number of unbranched alkanes of at least 4 members (excludes halogenated alkanes) is 9. The van der Waals surface area contributed by atoms with Crippen molar-refractivity contribution in [3.05, 3.63) is 35.9 Å². The third kappa shape index (κ3) is 58.8. The monoisotopic (exact) mass is 545 g/mol.